The number of hydrogen-bond donors (Lipinski definition) is 1. The number of carbonyl (C=O) groups is 1. The molecule has 1 amide bonds. The molecular formula is C23H30N2O4S. The van der Waals surface area contributed by atoms with Gasteiger partial charge in [-0.3, -0.25) is 4.79 Å². The van der Waals surface area contributed by atoms with Gasteiger partial charge in [0.15, 0.2) is 0 Å². The number of nitrogens with one attached hydrogen (secondary N) is 1. The fraction of sp³-hybridized carbons (Fsp3) is 0.348. The van der Waals surface area contributed by atoms with Crippen LogP contribution in [-0.2, 0) is 14.8 Å². The van der Waals surface area contributed by atoms with Gasteiger partial charge < -0.3 is 10.1 Å². The molecular weight excluding hydrogens is 400 g/mol. The van der Waals surface area contributed by atoms with Crippen LogP contribution in [0, 0.1) is 12.8 Å². The molecule has 2 rings (SSSR count). The quantitative estimate of drug-likeness (QED) is 0.647. The predicted octanol–water partition coefficient (Wildman–Crippen LogP) is 3.78. The van der Waals surface area contributed by atoms with E-state index in [-0.39, 0.29) is 28.5 Å². The predicted molar refractivity (Wildman–Crippen MR) is 120 cm³/mol. The highest BCUT2D eigenvalue weighted by atomic mass is 32.2. The molecule has 6 nitrogen and oxygen atoms in total. The van der Waals surface area contributed by atoms with Crippen molar-refractivity contribution in [2.75, 3.05) is 21.2 Å². The first kappa shape index (κ1) is 23.6. The van der Waals surface area contributed by atoms with Crippen LogP contribution in [0.5, 0.6) is 5.75 Å². The largest absolute Gasteiger partial charge is 0.495 e. The molecule has 0 saturated heterocycles. The van der Waals surface area contributed by atoms with Gasteiger partial charge in [-0.25, -0.2) is 12.7 Å². The van der Waals surface area contributed by atoms with Gasteiger partial charge in [0.2, 0.25) is 15.9 Å². The van der Waals surface area contributed by atoms with Crippen LogP contribution in [0.1, 0.15) is 36.6 Å². The van der Waals surface area contributed by atoms with Crippen LogP contribution in [0.3, 0.4) is 0 Å². The van der Waals surface area contributed by atoms with Crippen LogP contribution in [0.15, 0.2) is 53.4 Å². The molecule has 1 N–H and O–H groups in total. The van der Waals surface area contributed by atoms with E-state index in [1.54, 1.807) is 18.2 Å². The summed E-state index contributed by atoms with van der Waals surface area (Å²) < 4.78 is 31.4. The molecule has 0 aromatic heterocycles. The van der Waals surface area contributed by atoms with E-state index in [2.05, 4.69) is 19.2 Å². The summed E-state index contributed by atoms with van der Waals surface area (Å²) in [5.74, 6) is 0.218. The number of ether oxygens (including phenoxy) is 1. The highest BCUT2D eigenvalue weighted by molar-refractivity contribution is 7.89. The molecule has 7 heteroatoms. The summed E-state index contributed by atoms with van der Waals surface area (Å²) in [4.78, 5) is 12.6. The number of aryl methyl sites for hydroxylation is 1. The first-order valence-electron chi connectivity index (χ1n) is 9.72. The first-order chi connectivity index (χ1) is 14.1. The summed E-state index contributed by atoms with van der Waals surface area (Å²) in [5, 5.41) is 3.05. The summed E-state index contributed by atoms with van der Waals surface area (Å²) in [6.45, 7) is 6.14. The molecule has 0 spiro atoms. The molecule has 0 aliphatic rings. The number of hydrogen-bond acceptors (Lipinski definition) is 4. The Morgan fingerprint density at radius 2 is 1.80 bits per heavy atom. The topological polar surface area (TPSA) is 75.7 Å². The Morgan fingerprint density at radius 1 is 1.13 bits per heavy atom. The molecule has 2 aromatic carbocycles. The Balaban J connectivity index is 2.26. The summed E-state index contributed by atoms with van der Waals surface area (Å²) in [6.07, 6.45) is 3.01. The molecule has 30 heavy (non-hydrogen) atoms. The molecule has 0 aliphatic carbocycles. The number of methoxy groups -OCH3 is 1. The Kier molecular flexibility index (Phi) is 7.81. The summed E-state index contributed by atoms with van der Waals surface area (Å²) in [6, 6.07) is 12.6. The van der Waals surface area contributed by atoms with E-state index >= 15 is 0 Å². The van der Waals surface area contributed by atoms with Gasteiger partial charge in [-0.05, 0) is 47.7 Å². The number of benzene rings is 2. The van der Waals surface area contributed by atoms with E-state index < -0.39 is 10.0 Å². The average Bonchev–Trinajstić information content (AvgIpc) is 2.70. The summed E-state index contributed by atoms with van der Waals surface area (Å²) in [5.41, 5.74) is 2.79. The van der Waals surface area contributed by atoms with Crippen LogP contribution in [0.25, 0.3) is 6.08 Å². The van der Waals surface area contributed by atoms with Crippen molar-refractivity contribution in [3.05, 3.63) is 65.2 Å². The third-order valence-corrected chi connectivity index (χ3v) is 6.70. The van der Waals surface area contributed by atoms with Crippen LogP contribution >= 0.6 is 0 Å². The SMILES string of the molecule is COc1ccc(/C=C/C(=O)NC(c2ccccc2C)C(C)C)cc1S(=O)(=O)N(C)C. The lowest BCUT2D eigenvalue weighted by Gasteiger charge is -2.24. The molecule has 0 heterocycles. The monoisotopic (exact) mass is 430 g/mol. The van der Waals surface area contributed by atoms with Gasteiger partial charge >= 0.3 is 0 Å². The second-order valence-electron chi connectivity index (χ2n) is 7.62. The van der Waals surface area contributed by atoms with Crippen molar-refractivity contribution >= 4 is 22.0 Å². The van der Waals surface area contributed by atoms with Crippen LogP contribution < -0.4 is 10.1 Å². The van der Waals surface area contributed by atoms with Gasteiger partial charge in [0.1, 0.15) is 10.6 Å². The minimum atomic E-state index is -3.68. The lowest BCUT2D eigenvalue weighted by atomic mass is 9.92. The van der Waals surface area contributed by atoms with Gasteiger partial charge in [0.25, 0.3) is 0 Å². The van der Waals surface area contributed by atoms with Crippen molar-refractivity contribution < 1.29 is 17.9 Å². The van der Waals surface area contributed by atoms with Crippen molar-refractivity contribution in [3.63, 3.8) is 0 Å². The number of sulfonamides is 1. The van der Waals surface area contributed by atoms with Crippen molar-refractivity contribution in [3.8, 4) is 5.75 Å². The molecule has 1 atom stereocenters. The highest BCUT2D eigenvalue weighted by Crippen LogP contribution is 2.28. The molecule has 0 aliphatic heterocycles. The summed E-state index contributed by atoms with van der Waals surface area (Å²) >= 11 is 0. The van der Waals surface area contributed by atoms with Crippen LogP contribution in [-0.4, -0.2) is 39.8 Å². The lowest BCUT2D eigenvalue weighted by Crippen LogP contribution is -2.30. The molecule has 0 saturated carbocycles. The maximum atomic E-state index is 12.6. The number of carbonyl (C=O) groups excluding carboxylic acids is 1. The third kappa shape index (κ3) is 5.49. The molecule has 162 valence electrons. The zero-order chi connectivity index (χ0) is 22.5. The second-order valence-corrected chi connectivity index (χ2v) is 9.74. The maximum Gasteiger partial charge on any atom is 0.246 e. The van der Waals surface area contributed by atoms with Crippen molar-refractivity contribution in [1.29, 1.82) is 0 Å². The van der Waals surface area contributed by atoms with Gasteiger partial charge in [-0.1, -0.05) is 44.2 Å². The van der Waals surface area contributed by atoms with Crippen molar-refractivity contribution in [2.45, 2.75) is 31.7 Å². The van der Waals surface area contributed by atoms with Gasteiger partial charge in [0.05, 0.1) is 13.2 Å². The van der Waals surface area contributed by atoms with Crippen molar-refractivity contribution in [2.24, 2.45) is 5.92 Å². The first-order valence-corrected chi connectivity index (χ1v) is 11.2. The second kappa shape index (κ2) is 9.91. The van der Waals surface area contributed by atoms with E-state index in [1.807, 2.05) is 31.2 Å². The molecule has 2 aromatic rings. The molecule has 0 fully saturated rings. The standard InChI is InChI=1S/C23H30N2O4S/c1-16(2)23(19-10-8-7-9-17(19)3)24-22(26)14-12-18-11-13-20(29-6)21(15-18)30(27,28)25(4)5/h7-16,23H,1-6H3,(H,24,26)/b14-12+. The van der Waals surface area contributed by atoms with E-state index in [0.29, 0.717) is 5.56 Å². The van der Waals surface area contributed by atoms with E-state index in [0.717, 1.165) is 15.4 Å². The minimum absolute atomic E-state index is 0.0533. The third-order valence-electron chi connectivity index (χ3n) is 4.86. The van der Waals surface area contributed by atoms with Gasteiger partial charge in [0, 0.05) is 20.2 Å². The minimum Gasteiger partial charge on any atom is -0.495 e. The number of nitrogens with zero attached hydrogens (tertiary/aromatic N) is 1. The van der Waals surface area contributed by atoms with E-state index in [4.69, 9.17) is 4.74 Å². The fourth-order valence-electron chi connectivity index (χ4n) is 3.11. The fourth-order valence-corrected chi connectivity index (χ4v) is 4.19. The molecule has 1 unspecified atom stereocenters. The lowest BCUT2D eigenvalue weighted by molar-refractivity contribution is -0.117. The van der Waals surface area contributed by atoms with Crippen LogP contribution in [0.2, 0.25) is 0 Å². The van der Waals surface area contributed by atoms with E-state index in [1.165, 1.54) is 33.3 Å². The van der Waals surface area contributed by atoms with Crippen LogP contribution in [0.4, 0.5) is 0 Å². The Bertz CT molecular complexity index is 1030. The smallest absolute Gasteiger partial charge is 0.246 e. The van der Waals surface area contributed by atoms with Crippen molar-refractivity contribution in [1.82, 2.24) is 9.62 Å². The number of rotatable bonds is 8. The summed E-state index contributed by atoms with van der Waals surface area (Å²) in [7, 11) is 0.665. The normalized spacial score (nSPS) is 13.1. The zero-order valence-electron chi connectivity index (χ0n) is 18.3. The Hall–Kier alpha value is -2.64. The van der Waals surface area contributed by atoms with Gasteiger partial charge in [-0.2, -0.15) is 0 Å². The Morgan fingerprint density at radius 3 is 2.37 bits per heavy atom. The maximum absolute atomic E-state index is 12.6. The molecule has 0 radical (unpaired) electrons. The Labute approximate surface area is 179 Å². The van der Waals surface area contributed by atoms with E-state index in [9.17, 15) is 13.2 Å². The number of amides is 1. The highest BCUT2D eigenvalue weighted by Gasteiger charge is 2.22. The average molecular weight is 431 g/mol. The molecule has 0 bridgehead atoms. The zero-order valence-corrected chi connectivity index (χ0v) is 19.2. The van der Waals surface area contributed by atoms with Gasteiger partial charge in [-0.15, -0.1) is 0 Å².